The summed E-state index contributed by atoms with van der Waals surface area (Å²) in [5, 5.41) is 0.857. The summed E-state index contributed by atoms with van der Waals surface area (Å²) in [6, 6.07) is 10.4. The molecule has 0 saturated carbocycles. The van der Waals surface area contributed by atoms with Crippen molar-refractivity contribution in [3.8, 4) is 0 Å². The topological polar surface area (TPSA) is 16.1 Å². The lowest BCUT2D eigenvalue weighted by molar-refractivity contribution is 0.913. The van der Waals surface area contributed by atoms with E-state index in [2.05, 4.69) is 67.0 Å². The minimum absolute atomic E-state index is 0.857. The molecule has 0 aliphatic carbocycles. The van der Waals surface area contributed by atoms with Gasteiger partial charge >= 0.3 is 0 Å². The largest absolute Gasteiger partial charge is 0.370 e. The van der Waals surface area contributed by atoms with Crippen molar-refractivity contribution in [2.24, 2.45) is 0 Å². The number of anilines is 1. The number of benzene rings is 1. The summed E-state index contributed by atoms with van der Waals surface area (Å²) >= 11 is 7.06. The number of pyridine rings is 1. The monoisotopic (exact) mass is 368 g/mol. The maximum absolute atomic E-state index is 4.04. The Hall–Kier alpha value is -0.870. The standard InChI is InChI=1S/C14H14Br2N2/c1-18(10-11-4-6-17-7-5-11)14-8-13(16)3-2-12(14)9-15/h2-8H,9-10H2,1H3. The lowest BCUT2D eigenvalue weighted by atomic mass is 10.1. The van der Waals surface area contributed by atoms with Crippen molar-refractivity contribution in [2.45, 2.75) is 11.9 Å². The van der Waals surface area contributed by atoms with Crippen molar-refractivity contribution in [2.75, 3.05) is 11.9 Å². The lowest BCUT2D eigenvalue weighted by Crippen LogP contribution is -2.17. The number of nitrogens with zero attached hydrogens (tertiary/aromatic N) is 2. The van der Waals surface area contributed by atoms with Gasteiger partial charge in [0, 0.05) is 41.5 Å². The second-order valence-electron chi connectivity index (χ2n) is 4.12. The number of halogens is 2. The molecule has 0 spiro atoms. The molecule has 0 atom stereocenters. The highest BCUT2D eigenvalue weighted by Crippen LogP contribution is 2.27. The average Bonchev–Trinajstić information content (AvgIpc) is 2.40. The number of hydrogen-bond acceptors (Lipinski definition) is 2. The minimum Gasteiger partial charge on any atom is -0.370 e. The normalized spacial score (nSPS) is 10.4. The SMILES string of the molecule is CN(Cc1ccncc1)c1cc(Br)ccc1CBr. The van der Waals surface area contributed by atoms with E-state index in [1.807, 2.05) is 24.5 Å². The summed E-state index contributed by atoms with van der Waals surface area (Å²) in [4.78, 5) is 6.29. The highest BCUT2D eigenvalue weighted by Gasteiger charge is 2.08. The van der Waals surface area contributed by atoms with Crippen molar-refractivity contribution in [3.05, 3.63) is 58.3 Å². The van der Waals surface area contributed by atoms with Gasteiger partial charge in [0.15, 0.2) is 0 Å². The summed E-state index contributed by atoms with van der Waals surface area (Å²) in [6.07, 6.45) is 3.66. The maximum Gasteiger partial charge on any atom is 0.0427 e. The van der Waals surface area contributed by atoms with E-state index in [9.17, 15) is 0 Å². The Bertz CT molecular complexity index is 514. The highest BCUT2D eigenvalue weighted by atomic mass is 79.9. The zero-order chi connectivity index (χ0) is 13.0. The van der Waals surface area contributed by atoms with Crippen LogP contribution in [0, 0.1) is 0 Å². The molecule has 0 N–H and O–H groups in total. The van der Waals surface area contributed by atoms with Crippen LogP contribution in [0.15, 0.2) is 47.2 Å². The van der Waals surface area contributed by atoms with Gasteiger partial charge < -0.3 is 4.90 Å². The Labute approximate surface area is 124 Å². The van der Waals surface area contributed by atoms with E-state index in [0.29, 0.717) is 0 Å². The molecule has 1 heterocycles. The zero-order valence-corrected chi connectivity index (χ0v) is 13.3. The summed E-state index contributed by atoms with van der Waals surface area (Å²) in [5.74, 6) is 0. The Morgan fingerprint density at radius 2 is 1.89 bits per heavy atom. The number of rotatable bonds is 4. The summed E-state index contributed by atoms with van der Waals surface area (Å²) < 4.78 is 1.10. The fourth-order valence-electron chi connectivity index (χ4n) is 1.85. The molecule has 2 rings (SSSR count). The first-order valence-corrected chi connectivity index (χ1v) is 7.56. The van der Waals surface area contributed by atoms with Crippen molar-refractivity contribution < 1.29 is 0 Å². The first-order valence-electron chi connectivity index (χ1n) is 5.65. The third-order valence-electron chi connectivity index (χ3n) is 2.77. The van der Waals surface area contributed by atoms with Gasteiger partial charge in [0.05, 0.1) is 0 Å². The van der Waals surface area contributed by atoms with Crippen LogP contribution in [0.25, 0.3) is 0 Å². The molecular formula is C14H14Br2N2. The second-order valence-corrected chi connectivity index (χ2v) is 5.59. The van der Waals surface area contributed by atoms with Crippen LogP contribution in [0.1, 0.15) is 11.1 Å². The Morgan fingerprint density at radius 1 is 1.17 bits per heavy atom. The van der Waals surface area contributed by atoms with Crippen LogP contribution in [-0.2, 0) is 11.9 Å². The van der Waals surface area contributed by atoms with E-state index < -0.39 is 0 Å². The summed E-state index contributed by atoms with van der Waals surface area (Å²) in [7, 11) is 2.11. The van der Waals surface area contributed by atoms with Crippen LogP contribution in [0.3, 0.4) is 0 Å². The van der Waals surface area contributed by atoms with Crippen molar-refractivity contribution in [3.63, 3.8) is 0 Å². The van der Waals surface area contributed by atoms with E-state index in [4.69, 9.17) is 0 Å². The molecule has 0 unspecified atom stereocenters. The van der Waals surface area contributed by atoms with Crippen LogP contribution in [-0.4, -0.2) is 12.0 Å². The number of aromatic nitrogens is 1. The molecule has 0 aliphatic rings. The van der Waals surface area contributed by atoms with E-state index in [0.717, 1.165) is 16.3 Å². The van der Waals surface area contributed by atoms with Gasteiger partial charge in [-0.05, 0) is 35.4 Å². The maximum atomic E-state index is 4.04. The summed E-state index contributed by atoms with van der Waals surface area (Å²) in [6.45, 7) is 0.874. The van der Waals surface area contributed by atoms with Crippen LogP contribution < -0.4 is 4.90 Å². The van der Waals surface area contributed by atoms with E-state index in [1.165, 1.54) is 16.8 Å². The van der Waals surface area contributed by atoms with Gasteiger partial charge in [-0.15, -0.1) is 0 Å². The van der Waals surface area contributed by atoms with Crippen LogP contribution >= 0.6 is 31.9 Å². The third-order valence-corrected chi connectivity index (χ3v) is 3.87. The van der Waals surface area contributed by atoms with Crippen molar-refractivity contribution >= 4 is 37.5 Å². The molecule has 0 fully saturated rings. The number of hydrogen-bond donors (Lipinski definition) is 0. The predicted molar refractivity (Wildman–Crippen MR) is 83.1 cm³/mol. The van der Waals surface area contributed by atoms with E-state index >= 15 is 0 Å². The average molecular weight is 370 g/mol. The zero-order valence-electron chi connectivity index (χ0n) is 10.1. The minimum atomic E-state index is 0.857. The van der Waals surface area contributed by atoms with Gasteiger partial charge in [0.25, 0.3) is 0 Å². The summed E-state index contributed by atoms with van der Waals surface area (Å²) in [5.41, 5.74) is 3.78. The van der Waals surface area contributed by atoms with Crippen molar-refractivity contribution in [1.29, 1.82) is 0 Å². The fourth-order valence-corrected chi connectivity index (χ4v) is 2.68. The molecule has 0 aliphatic heterocycles. The fraction of sp³-hybridized carbons (Fsp3) is 0.214. The molecule has 0 amide bonds. The van der Waals surface area contributed by atoms with Gasteiger partial charge in [-0.3, -0.25) is 4.98 Å². The predicted octanol–water partition coefficient (Wildman–Crippen LogP) is 4.38. The van der Waals surface area contributed by atoms with Crippen LogP contribution in [0.5, 0.6) is 0 Å². The first-order chi connectivity index (χ1) is 8.70. The smallest absolute Gasteiger partial charge is 0.0427 e. The van der Waals surface area contributed by atoms with Gasteiger partial charge in [-0.1, -0.05) is 37.9 Å². The van der Waals surface area contributed by atoms with Gasteiger partial charge in [-0.2, -0.15) is 0 Å². The lowest BCUT2D eigenvalue weighted by Gasteiger charge is -2.22. The van der Waals surface area contributed by atoms with E-state index in [-0.39, 0.29) is 0 Å². The van der Waals surface area contributed by atoms with Gasteiger partial charge in [0.1, 0.15) is 0 Å². The Kier molecular flexibility index (Phi) is 4.78. The molecule has 1 aromatic carbocycles. The van der Waals surface area contributed by atoms with Crippen LogP contribution in [0.2, 0.25) is 0 Å². The molecule has 2 nitrogen and oxygen atoms in total. The Morgan fingerprint density at radius 3 is 2.56 bits per heavy atom. The molecular weight excluding hydrogens is 356 g/mol. The third kappa shape index (κ3) is 3.33. The van der Waals surface area contributed by atoms with E-state index in [1.54, 1.807) is 0 Å². The number of alkyl halides is 1. The highest BCUT2D eigenvalue weighted by molar-refractivity contribution is 9.10. The quantitative estimate of drug-likeness (QED) is 0.743. The Balaban J connectivity index is 2.23. The molecule has 94 valence electrons. The molecule has 1 aromatic heterocycles. The molecule has 2 aromatic rings. The molecule has 4 heteroatoms. The van der Waals surface area contributed by atoms with Crippen molar-refractivity contribution in [1.82, 2.24) is 4.98 Å². The first kappa shape index (κ1) is 13.6. The molecule has 0 saturated heterocycles. The van der Waals surface area contributed by atoms with Gasteiger partial charge in [0.2, 0.25) is 0 Å². The van der Waals surface area contributed by atoms with Gasteiger partial charge in [-0.25, -0.2) is 0 Å². The second kappa shape index (κ2) is 6.34. The molecule has 18 heavy (non-hydrogen) atoms. The molecule has 0 bridgehead atoms. The van der Waals surface area contributed by atoms with Crippen LogP contribution in [0.4, 0.5) is 5.69 Å². The molecule has 0 radical (unpaired) electrons.